The quantitative estimate of drug-likeness (QED) is 0.622. The number of hydrogen-bond acceptors (Lipinski definition) is 5. The smallest absolute Gasteiger partial charge is 0.251 e. The molecule has 1 aliphatic heterocycles. The van der Waals surface area contributed by atoms with E-state index < -0.39 is 18.2 Å². The Bertz CT molecular complexity index is 630. The summed E-state index contributed by atoms with van der Waals surface area (Å²) in [5, 5.41) is 15.3. The number of aliphatic hydroxyl groups excluding tert-OH is 1. The summed E-state index contributed by atoms with van der Waals surface area (Å²) in [5.74, 6) is 0.307. The summed E-state index contributed by atoms with van der Waals surface area (Å²) in [5.41, 5.74) is 0.488. The Morgan fingerprint density at radius 2 is 2.00 bits per heavy atom. The molecule has 1 aromatic heterocycles. The van der Waals surface area contributed by atoms with Crippen LogP contribution in [0.5, 0.6) is 0 Å². The molecule has 0 unspecified atom stereocenters. The van der Waals surface area contributed by atoms with Gasteiger partial charge in [-0.25, -0.2) is 0 Å². The number of aliphatic hydroxyl groups is 1. The summed E-state index contributed by atoms with van der Waals surface area (Å²) < 4.78 is 5.75. The molecule has 1 aliphatic carbocycles. The summed E-state index contributed by atoms with van der Waals surface area (Å²) in [4.78, 5) is 28.0. The second-order valence-electron chi connectivity index (χ2n) is 6.47. The number of rotatable bonds is 7. The Morgan fingerprint density at radius 3 is 2.68 bits per heavy atom. The summed E-state index contributed by atoms with van der Waals surface area (Å²) in [6.45, 7) is 0.481. The highest BCUT2D eigenvalue weighted by Gasteiger charge is 2.29. The molecule has 7 nitrogen and oxygen atoms in total. The number of carbonyl (C=O) groups excluding carboxylic acids is 2. The third kappa shape index (κ3) is 5.11. The molecule has 3 atom stereocenters. The van der Waals surface area contributed by atoms with Crippen molar-refractivity contribution in [2.45, 2.75) is 37.5 Å². The largest absolute Gasteiger partial charge is 0.394 e. The standard InChI is InChI=1S/C18H23N3O4/c22-11-16-15(21-18(24)13-5-7-19-8-6-13)4-3-14(25-16)9-17(23)20-10-12-1-2-12/h3-8,12,14-16,22H,1-2,9-11H2,(H,20,23)(H,21,24)/t14-,15+,16-/m1/s1. The van der Waals surface area contributed by atoms with Gasteiger partial charge in [-0.1, -0.05) is 12.2 Å². The third-order valence-corrected chi connectivity index (χ3v) is 4.37. The van der Waals surface area contributed by atoms with Crippen LogP contribution in [0.1, 0.15) is 29.6 Å². The molecule has 2 amide bonds. The van der Waals surface area contributed by atoms with E-state index in [1.54, 1.807) is 36.7 Å². The van der Waals surface area contributed by atoms with Crippen LogP contribution in [0, 0.1) is 5.92 Å². The van der Waals surface area contributed by atoms with Crippen LogP contribution >= 0.6 is 0 Å². The minimum absolute atomic E-state index is 0.0579. The number of carbonyl (C=O) groups is 2. The Hall–Kier alpha value is -2.25. The zero-order valence-electron chi connectivity index (χ0n) is 13.9. The number of pyridine rings is 1. The number of nitrogens with one attached hydrogen (secondary N) is 2. The Morgan fingerprint density at radius 1 is 1.24 bits per heavy atom. The van der Waals surface area contributed by atoms with Crippen molar-refractivity contribution in [3.8, 4) is 0 Å². The molecule has 3 N–H and O–H groups in total. The Labute approximate surface area is 146 Å². The molecule has 2 aliphatic rings. The van der Waals surface area contributed by atoms with E-state index in [2.05, 4.69) is 15.6 Å². The summed E-state index contributed by atoms with van der Waals surface area (Å²) in [6.07, 6.45) is 8.23. The lowest BCUT2D eigenvalue weighted by atomic mass is 10.0. The first kappa shape index (κ1) is 17.6. The van der Waals surface area contributed by atoms with Gasteiger partial charge in [0.05, 0.1) is 25.2 Å². The molecule has 0 spiro atoms. The van der Waals surface area contributed by atoms with Crippen LogP contribution in [0.25, 0.3) is 0 Å². The van der Waals surface area contributed by atoms with Crippen molar-refractivity contribution < 1.29 is 19.4 Å². The van der Waals surface area contributed by atoms with Gasteiger partial charge in [0.1, 0.15) is 6.10 Å². The highest BCUT2D eigenvalue weighted by atomic mass is 16.5. The number of amides is 2. The van der Waals surface area contributed by atoms with Gasteiger partial charge in [-0.05, 0) is 30.9 Å². The van der Waals surface area contributed by atoms with Crippen molar-refractivity contribution in [2.75, 3.05) is 13.2 Å². The second kappa shape index (κ2) is 8.22. The van der Waals surface area contributed by atoms with E-state index in [4.69, 9.17) is 4.74 Å². The molecule has 1 saturated carbocycles. The van der Waals surface area contributed by atoms with Crippen molar-refractivity contribution in [1.82, 2.24) is 15.6 Å². The van der Waals surface area contributed by atoms with Gasteiger partial charge in [0.2, 0.25) is 5.91 Å². The molecule has 3 rings (SSSR count). The Kier molecular flexibility index (Phi) is 5.78. The van der Waals surface area contributed by atoms with Gasteiger partial charge < -0.3 is 20.5 Å². The van der Waals surface area contributed by atoms with Crippen molar-refractivity contribution in [2.24, 2.45) is 5.92 Å². The zero-order chi connectivity index (χ0) is 17.6. The van der Waals surface area contributed by atoms with Gasteiger partial charge in [0, 0.05) is 24.5 Å². The van der Waals surface area contributed by atoms with Crippen LogP contribution in [0.15, 0.2) is 36.7 Å². The molecule has 0 saturated heterocycles. The predicted molar refractivity (Wildman–Crippen MR) is 90.7 cm³/mol. The summed E-state index contributed by atoms with van der Waals surface area (Å²) >= 11 is 0. The molecule has 0 aromatic carbocycles. The lowest BCUT2D eigenvalue weighted by Gasteiger charge is -2.31. The first-order valence-corrected chi connectivity index (χ1v) is 8.58. The molecular weight excluding hydrogens is 322 g/mol. The van der Waals surface area contributed by atoms with Gasteiger partial charge in [0.25, 0.3) is 5.91 Å². The van der Waals surface area contributed by atoms with E-state index in [0.29, 0.717) is 11.5 Å². The van der Waals surface area contributed by atoms with E-state index in [9.17, 15) is 14.7 Å². The van der Waals surface area contributed by atoms with Crippen LogP contribution in [0.4, 0.5) is 0 Å². The fourth-order valence-electron chi connectivity index (χ4n) is 2.71. The van der Waals surface area contributed by atoms with E-state index in [-0.39, 0.29) is 24.8 Å². The fourth-order valence-corrected chi connectivity index (χ4v) is 2.71. The van der Waals surface area contributed by atoms with Gasteiger partial charge in [-0.2, -0.15) is 0 Å². The molecule has 1 aromatic rings. The average molecular weight is 345 g/mol. The summed E-state index contributed by atoms with van der Waals surface area (Å²) in [6, 6.07) is 2.78. The third-order valence-electron chi connectivity index (χ3n) is 4.37. The molecule has 0 radical (unpaired) electrons. The molecule has 25 heavy (non-hydrogen) atoms. The van der Waals surface area contributed by atoms with Crippen LogP contribution in [-0.2, 0) is 9.53 Å². The topological polar surface area (TPSA) is 101 Å². The first-order chi connectivity index (χ1) is 12.2. The lowest BCUT2D eigenvalue weighted by molar-refractivity contribution is -0.125. The van der Waals surface area contributed by atoms with Crippen LogP contribution in [-0.4, -0.2) is 53.3 Å². The van der Waals surface area contributed by atoms with E-state index in [1.807, 2.05) is 0 Å². The minimum Gasteiger partial charge on any atom is -0.394 e. The van der Waals surface area contributed by atoms with Crippen molar-refractivity contribution >= 4 is 11.8 Å². The molecule has 2 heterocycles. The van der Waals surface area contributed by atoms with Gasteiger partial charge in [-0.3, -0.25) is 14.6 Å². The van der Waals surface area contributed by atoms with Gasteiger partial charge >= 0.3 is 0 Å². The van der Waals surface area contributed by atoms with Crippen LogP contribution < -0.4 is 10.6 Å². The normalized spacial score (nSPS) is 25.4. The van der Waals surface area contributed by atoms with Crippen LogP contribution in [0.3, 0.4) is 0 Å². The lowest BCUT2D eigenvalue weighted by Crippen LogP contribution is -2.49. The monoisotopic (exact) mass is 345 g/mol. The fraction of sp³-hybridized carbons (Fsp3) is 0.500. The van der Waals surface area contributed by atoms with Gasteiger partial charge in [-0.15, -0.1) is 0 Å². The van der Waals surface area contributed by atoms with Crippen LogP contribution in [0.2, 0.25) is 0 Å². The molecule has 7 heteroatoms. The highest BCUT2D eigenvalue weighted by Crippen LogP contribution is 2.27. The number of ether oxygens (including phenoxy) is 1. The SMILES string of the molecule is O=C(C[C@H]1C=C[C@H](NC(=O)c2ccncc2)[C@@H](CO)O1)NCC1CC1. The highest BCUT2D eigenvalue weighted by molar-refractivity contribution is 5.94. The second-order valence-corrected chi connectivity index (χ2v) is 6.47. The maximum atomic E-state index is 12.2. The zero-order valence-corrected chi connectivity index (χ0v) is 13.9. The summed E-state index contributed by atoms with van der Waals surface area (Å²) in [7, 11) is 0. The minimum atomic E-state index is -0.586. The van der Waals surface area contributed by atoms with E-state index >= 15 is 0 Å². The number of nitrogens with zero attached hydrogens (tertiary/aromatic N) is 1. The number of hydrogen-bond donors (Lipinski definition) is 3. The molecule has 134 valence electrons. The predicted octanol–water partition coefficient (Wildman–Crippen LogP) is 0.412. The average Bonchev–Trinajstić information content (AvgIpc) is 3.46. The van der Waals surface area contributed by atoms with Crippen molar-refractivity contribution in [1.29, 1.82) is 0 Å². The van der Waals surface area contributed by atoms with Crippen molar-refractivity contribution in [3.05, 3.63) is 42.2 Å². The first-order valence-electron chi connectivity index (χ1n) is 8.58. The molecule has 0 bridgehead atoms. The molecule has 1 fully saturated rings. The maximum Gasteiger partial charge on any atom is 0.251 e. The van der Waals surface area contributed by atoms with Gasteiger partial charge in [0.15, 0.2) is 0 Å². The van der Waals surface area contributed by atoms with E-state index in [1.165, 1.54) is 12.8 Å². The van der Waals surface area contributed by atoms with Crippen molar-refractivity contribution in [3.63, 3.8) is 0 Å². The maximum absolute atomic E-state index is 12.2. The van der Waals surface area contributed by atoms with E-state index in [0.717, 1.165) is 6.54 Å². The number of aromatic nitrogens is 1. The Balaban J connectivity index is 1.53. The molecular formula is C18H23N3O4.